The summed E-state index contributed by atoms with van der Waals surface area (Å²) in [5, 5.41) is 3.94. The standard InChI is InChI=1S/C17H27BrN2S/c1-13(2)15-10-19-17(8-4-3-5-9-17)12-20(15)11-14-6-7-16(18)21-14/h6-7,13,15,19H,3-5,8-12H2,1-2H3. The monoisotopic (exact) mass is 370 g/mol. The SMILES string of the molecule is CC(C)C1CNC2(CCCCC2)CN1Cc1ccc(Br)s1. The van der Waals surface area contributed by atoms with Crippen LogP contribution in [0.5, 0.6) is 0 Å². The summed E-state index contributed by atoms with van der Waals surface area (Å²) < 4.78 is 1.25. The Kier molecular flexibility index (Phi) is 5.09. The number of piperazine rings is 1. The second kappa shape index (κ2) is 6.69. The fourth-order valence-corrected chi connectivity index (χ4v) is 5.55. The van der Waals surface area contributed by atoms with Crippen LogP contribution in [0.1, 0.15) is 50.8 Å². The molecule has 21 heavy (non-hydrogen) atoms. The van der Waals surface area contributed by atoms with Crippen LogP contribution in [0.15, 0.2) is 15.9 Å². The lowest BCUT2D eigenvalue weighted by Gasteiger charge is -2.50. The number of hydrogen-bond donors (Lipinski definition) is 1. The van der Waals surface area contributed by atoms with Crippen LogP contribution >= 0.6 is 27.3 Å². The minimum absolute atomic E-state index is 0.401. The molecule has 1 saturated heterocycles. The number of nitrogens with one attached hydrogen (secondary N) is 1. The Morgan fingerprint density at radius 2 is 2.10 bits per heavy atom. The third kappa shape index (κ3) is 3.72. The second-order valence-electron chi connectivity index (χ2n) is 7.14. The highest BCUT2D eigenvalue weighted by Crippen LogP contribution is 2.34. The zero-order valence-corrected chi connectivity index (χ0v) is 15.6. The van der Waals surface area contributed by atoms with Crippen LogP contribution < -0.4 is 5.32 Å². The average Bonchev–Trinajstić information content (AvgIpc) is 2.85. The van der Waals surface area contributed by atoms with Crippen LogP contribution in [-0.4, -0.2) is 29.6 Å². The van der Waals surface area contributed by atoms with E-state index in [1.165, 1.54) is 47.3 Å². The van der Waals surface area contributed by atoms with Crippen LogP contribution in [0.4, 0.5) is 0 Å². The summed E-state index contributed by atoms with van der Waals surface area (Å²) in [7, 11) is 0. The van der Waals surface area contributed by atoms with Crippen molar-refractivity contribution in [2.75, 3.05) is 13.1 Å². The summed E-state index contributed by atoms with van der Waals surface area (Å²) in [6, 6.07) is 5.13. The molecule has 4 heteroatoms. The molecule has 1 spiro atoms. The van der Waals surface area contributed by atoms with E-state index in [9.17, 15) is 0 Å². The lowest BCUT2D eigenvalue weighted by atomic mass is 9.78. The number of nitrogens with zero attached hydrogens (tertiary/aromatic N) is 1. The third-order valence-corrected chi connectivity index (χ3v) is 6.84. The van der Waals surface area contributed by atoms with E-state index in [0.717, 1.165) is 13.1 Å². The summed E-state index contributed by atoms with van der Waals surface area (Å²) in [5.74, 6) is 0.710. The average molecular weight is 371 g/mol. The van der Waals surface area contributed by atoms with Crippen molar-refractivity contribution in [3.63, 3.8) is 0 Å². The molecule has 1 saturated carbocycles. The van der Waals surface area contributed by atoms with Crippen molar-refractivity contribution in [1.29, 1.82) is 0 Å². The van der Waals surface area contributed by atoms with Crippen molar-refractivity contribution in [2.24, 2.45) is 5.92 Å². The van der Waals surface area contributed by atoms with Crippen molar-refractivity contribution in [1.82, 2.24) is 10.2 Å². The van der Waals surface area contributed by atoms with Gasteiger partial charge in [0.25, 0.3) is 0 Å². The molecular weight excluding hydrogens is 344 g/mol. The minimum atomic E-state index is 0.401. The van der Waals surface area contributed by atoms with Gasteiger partial charge in [-0.1, -0.05) is 33.1 Å². The van der Waals surface area contributed by atoms with Gasteiger partial charge in [-0.25, -0.2) is 0 Å². The first kappa shape index (κ1) is 16.0. The van der Waals surface area contributed by atoms with Crippen LogP contribution in [0.2, 0.25) is 0 Å². The molecule has 1 unspecified atom stereocenters. The number of halogens is 1. The highest BCUT2D eigenvalue weighted by molar-refractivity contribution is 9.11. The van der Waals surface area contributed by atoms with E-state index in [0.29, 0.717) is 17.5 Å². The smallest absolute Gasteiger partial charge is 0.0701 e. The first-order chi connectivity index (χ1) is 10.1. The summed E-state index contributed by atoms with van der Waals surface area (Å²) in [6.45, 7) is 8.23. The summed E-state index contributed by atoms with van der Waals surface area (Å²) in [6.07, 6.45) is 6.95. The Labute approximate surface area is 141 Å². The van der Waals surface area contributed by atoms with Gasteiger partial charge >= 0.3 is 0 Å². The van der Waals surface area contributed by atoms with Crippen LogP contribution in [0.25, 0.3) is 0 Å². The molecule has 0 aromatic carbocycles. The molecule has 1 aromatic rings. The van der Waals surface area contributed by atoms with Crippen molar-refractivity contribution < 1.29 is 0 Å². The van der Waals surface area contributed by atoms with Gasteiger partial charge in [-0.3, -0.25) is 4.90 Å². The molecule has 2 heterocycles. The third-order valence-electron chi connectivity index (χ3n) is 5.23. The van der Waals surface area contributed by atoms with Gasteiger partial charge in [0.05, 0.1) is 3.79 Å². The Balaban J connectivity index is 1.74. The van der Waals surface area contributed by atoms with E-state index in [1.807, 2.05) is 11.3 Å². The quantitative estimate of drug-likeness (QED) is 0.833. The zero-order chi connectivity index (χ0) is 14.9. The van der Waals surface area contributed by atoms with E-state index in [4.69, 9.17) is 0 Å². The Bertz CT molecular complexity index is 465. The highest BCUT2D eigenvalue weighted by Gasteiger charge is 2.40. The first-order valence-electron chi connectivity index (χ1n) is 8.31. The molecule has 0 amide bonds. The van der Waals surface area contributed by atoms with Crippen LogP contribution in [-0.2, 0) is 6.54 Å². The van der Waals surface area contributed by atoms with E-state index in [-0.39, 0.29) is 0 Å². The molecule has 1 aromatic heterocycles. The van der Waals surface area contributed by atoms with Gasteiger partial charge in [0.15, 0.2) is 0 Å². The maximum atomic E-state index is 3.94. The number of hydrogen-bond acceptors (Lipinski definition) is 3. The molecule has 118 valence electrons. The minimum Gasteiger partial charge on any atom is -0.308 e. The number of rotatable bonds is 3. The van der Waals surface area contributed by atoms with Gasteiger partial charge in [0.2, 0.25) is 0 Å². The fraction of sp³-hybridized carbons (Fsp3) is 0.765. The Morgan fingerprint density at radius 3 is 2.71 bits per heavy atom. The predicted octanol–water partition coefficient (Wildman–Crippen LogP) is 4.64. The molecule has 1 aliphatic heterocycles. The van der Waals surface area contributed by atoms with Gasteiger partial charge in [-0.2, -0.15) is 0 Å². The number of thiophene rings is 1. The topological polar surface area (TPSA) is 15.3 Å². The van der Waals surface area contributed by atoms with Crippen LogP contribution in [0, 0.1) is 5.92 Å². The van der Waals surface area contributed by atoms with Crippen LogP contribution in [0.3, 0.4) is 0 Å². The summed E-state index contributed by atoms with van der Waals surface area (Å²) in [4.78, 5) is 4.24. The molecular formula is C17H27BrN2S. The van der Waals surface area contributed by atoms with Gasteiger partial charge in [-0.05, 0) is 46.8 Å². The molecule has 1 atom stereocenters. The molecule has 3 rings (SSSR count). The van der Waals surface area contributed by atoms with Crippen molar-refractivity contribution >= 4 is 27.3 Å². The second-order valence-corrected chi connectivity index (χ2v) is 9.69. The zero-order valence-electron chi connectivity index (χ0n) is 13.2. The van der Waals surface area contributed by atoms with E-state index in [1.54, 1.807) is 0 Å². The van der Waals surface area contributed by atoms with E-state index >= 15 is 0 Å². The Hall–Kier alpha value is 0.1000. The van der Waals surface area contributed by atoms with Gasteiger partial charge in [-0.15, -0.1) is 11.3 Å². The maximum absolute atomic E-state index is 3.94. The largest absolute Gasteiger partial charge is 0.308 e. The lowest BCUT2D eigenvalue weighted by Crippen LogP contribution is -2.65. The summed E-state index contributed by atoms with van der Waals surface area (Å²) >= 11 is 5.48. The van der Waals surface area contributed by atoms with Crippen molar-refractivity contribution in [3.05, 3.63) is 20.8 Å². The van der Waals surface area contributed by atoms with Gasteiger partial charge in [0.1, 0.15) is 0 Å². The van der Waals surface area contributed by atoms with Crippen molar-refractivity contribution in [3.8, 4) is 0 Å². The fourth-order valence-electron chi connectivity index (χ4n) is 4.04. The molecule has 0 radical (unpaired) electrons. The molecule has 2 nitrogen and oxygen atoms in total. The summed E-state index contributed by atoms with van der Waals surface area (Å²) in [5.41, 5.74) is 0.401. The lowest BCUT2D eigenvalue weighted by molar-refractivity contribution is 0.0316. The molecule has 2 aliphatic rings. The molecule has 1 N–H and O–H groups in total. The van der Waals surface area contributed by atoms with Gasteiger partial charge in [0, 0.05) is 36.1 Å². The molecule has 1 aliphatic carbocycles. The normalized spacial score (nSPS) is 26.6. The van der Waals surface area contributed by atoms with E-state index in [2.05, 4.69) is 52.1 Å². The van der Waals surface area contributed by atoms with E-state index < -0.39 is 0 Å². The molecule has 2 fully saturated rings. The predicted molar refractivity (Wildman–Crippen MR) is 94.9 cm³/mol. The van der Waals surface area contributed by atoms with Crippen molar-refractivity contribution in [2.45, 2.75) is 64.1 Å². The highest BCUT2D eigenvalue weighted by atomic mass is 79.9. The Morgan fingerprint density at radius 1 is 1.33 bits per heavy atom. The maximum Gasteiger partial charge on any atom is 0.0701 e. The first-order valence-corrected chi connectivity index (χ1v) is 9.92. The van der Waals surface area contributed by atoms with Gasteiger partial charge < -0.3 is 5.32 Å². The molecule has 0 bridgehead atoms.